The van der Waals surface area contributed by atoms with Gasteiger partial charge in [0.15, 0.2) is 23.1 Å². The van der Waals surface area contributed by atoms with Crippen molar-refractivity contribution in [2.75, 3.05) is 66.6 Å². The summed E-state index contributed by atoms with van der Waals surface area (Å²) in [6.07, 6.45) is -0.786. The van der Waals surface area contributed by atoms with Crippen LogP contribution in [0.3, 0.4) is 0 Å². The smallest absolute Gasteiger partial charge is 0.497 e. The summed E-state index contributed by atoms with van der Waals surface area (Å²) in [5.74, 6) is -0.760. The fourth-order valence-electron chi connectivity index (χ4n) is 10.6. The van der Waals surface area contributed by atoms with E-state index >= 15 is 4.39 Å². The molecular formula is C60H65F5N6O9. The van der Waals surface area contributed by atoms with Crippen molar-refractivity contribution in [1.82, 2.24) is 30.0 Å². The van der Waals surface area contributed by atoms with Crippen molar-refractivity contribution in [3.63, 3.8) is 0 Å². The molecule has 2 aromatic heterocycles. The Bertz CT molecular complexity index is 2910. The maximum absolute atomic E-state index is 15.1. The highest BCUT2D eigenvalue weighted by atomic mass is 19.4. The molecule has 4 saturated heterocycles. The van der Waals surface area contributed by atoms with Crippen molar-refractivity contribution in [2.24, 2.45) is 23.7 Å². The molecule has 0 aliphatic carbocycles. The molecule has 424 valence electrons. The highest BCUT2D eigenvalue weighted by Gasteiger charge is 2.35. The Labute approximate surface area is 461 Å². The molecule has 9 rings (SSSR count). The number of methoxy groups -OCH3 is 2. The molecule has 4 fully saturated rings. The van der Waals surface area contributed by atoms with Crippen LogP contribution in [0.2, 0.25) is 0 Å². The summed E-state index contributed by atoms with van der Waals surface area (Å²) in [6, 6.07) is 25.7. The minimum Gasteiger partial charge on any atom is -0.497 e. The molecule has 4 aliphatic heterocycles. The van der Waals surface area contributed by atoms with Gasteiger partial charge in [-0.25, -0.2) is 8.78 Å². The van der Waals surface area contributed by atoms with E-state index in [4.69, 9.17) is 9.47 Å². The standard InChI is InChI=1S/C34H35F4N3O5.C26H30FN3O4/c1-45-27-9-4-23(5-10-27)32(43)24-13-16-41(17-14-24)33(44)30-11-6-26(19-39-30)31(42)18-25-12-15-40(21-29(25)35)20-22-2-7-28(8-3-22)46-34(36,37)38;1-34-21-5-2-17(3-6-21)25(32)18-9-12-30(13-10-18)26(33)23-7-4-20(15-29-23)24(31)14-19-8-11-28-16-22(19)27/h2-11,19,24-25,29H,12-18,20-21H2,1H3;2-7,15,18-19,22,28H,8-14,16H2,1H3/t25?,29-;19?,22-/m11/s1. The van der Waals surface area contributed by atoms with Gasteiger partial charge in [0.2, 0.25) is 0 Å². The molecule has 0 saturated carbocycles. The van der Waals surface area contributed by atoms with E-state index in [9.17, 15) is 46.3 Å². The number of alkyl halides is 5. The van der Waals surface area contributed by atoms with Crippen LogP contribution in [0.15, 0.2) is 109 Å². The van der Waals surface area contributed by atoms with E-state index < -0.39 is 24.6 Å². The average molecular weight is 1110 g/mol. The van der Waals surface area contributed by atoms with Gasteiger partial charge < -0.3 is 29.3 Å². The first kappa shape index (κ1) is 58.7. The zero-order chi connectivity index (χ0) is 56.9. The van der Waals surface area contributed by atoms with Crippen LogP contribution in [0.25, 0.3) is 0 Å². The molecule has 0 spiro atoms. The molecule has 4 atom stereocenters. The topological polar surface area (TPSA) is 178 Å². The van der Waals surface area contributed by atoms with E-state index in [0.717, 1.165) is 5.56 Å². The average Bonchev–Trinajstić information content (AvgIpc) is 3.49. The number of hydrogen-bond donors (Lipinski definition) is 1. The normalized spacial score (nSPS) is 20.2. The summed E-state index contributed by atoms with van der Waals surface area (Å²) in [5.41, 5.74) is 3.15. The van der Waals surface area contributed by atoms with Crippen LogP contribution in [0.1, 0.15) is 119 Å². The Morgan fingerprint density at radius 1 is 0.550 bits per heavy atom. The van der Waals surface area contributed by atoms with E-state index in [1.54, 1.807) is 84.7 Å². The third kappa shape index (κ3) is 15.7. The van der Waals surface area contributed by atoms with Gasteiger partial charge >= 0.3 is 6.36 Å². The molecular weight excluding hydrogens is 1040 g/mol. The van der Waals surface area contributed by atoms with Crippen molar-refractivity contribution in [2.45, 2.75) is 76.6 Å². The summed E-state index contributed by atoms with van der Waals surface area (Å²) < 4.78 is 80.4. The van der Waals surface area contributed by atoms with Gasteiger partial charge in [0, 0.05) is 105 Å². The quantitative estimate of drug-likeness (QED) is 0.0689. The molecule has 0 bridgehead atoms. The van der Waals surface area contributed by atoms with Crippen molar-refractivity contribution in [3.8, 4) is 17.2 Å². The van der Waals surface area contributed by atoms with Gasteiger partial charge in [-0.15, -0.1) is 13.2 Å². The van der Waals surface area contributed by atoms with Gasteiger partial charge in [0.05, 0.1) is 14.2 Å². The lowest BCUT2D eigenvalue weighted by Gasteiger charge is -2.34. The first-order chi connectivity index (χ1) is 38.4. The highest BCUT2D eigenvalue weighted by Crippen LogP contribution is 2.30. The second kappa shape index (κ2) is 27.1. The number of likely N-dealkylation sites (tertiary alicyclic amines) is 3. The number of piperidine rings is 4. The number of hydrogen-bond acceptors (Lipinski definition) is 13. The number of pyridine rings is 2. The highest BCUT2D eigenvalue weighted by molar-refractivity contribution is 6.00. The number of aromatic nitrogens is 2. The van der Waals surface area contributed by atoms with Gasteiger partial charge in [-0.3, -0.25) is 43.6 Å². The molecule has 15 nitrogen and oxygen atoms in total. The van der Waals surface area contributed by atoms with Gasteiger partial charge in [0.1, 0.15) is 41.0 Å². The number of ketones is 4. The zero-order valence-electron chi connectivity index (χ0n) is 44.7. The number of nitrogens with one attached hydrogen (secondary N) is 1. The maximum atomic E-state index is 15.1. The predicted molar refractivity (Wildman–Crippen MR) is 286 cm³/mol. The van der Waals surface area contributed by atoms with Gasteiger partial charge in [-0.2, -0.15) is 0 Å². The number of rotatable bonds is 17. The van der Waals surface area contributed by atoms with Crippen molar-refractivity contribution in [1.29, 1.82) is 0 Å². The van der Waals surface area contributed by atoms with E-state index in [0.29, 0.717) is 118 Å². The molecule has 4 aliphatic rings. The van der Waals surface area contributed by atoms with E-state index in [-0.39, 0.29) is 95.8 Å². The monoisotopic (exact) mass is 1110 g/mol. The first-order valence-electron chi connectivity index (χ1n) is 26.9. The minimum absolute atomic E-state index is 0.00317. The van der Waals surface area contributed by atoms with Crippen LogP contribution in [0.4, 0.5) is 22.0 Å². The molecule has 80 heavy (non-hydrogen) atoms. The van der Waals surface area contributed by atoms with E-state index in [1.807, 2.05) is 4.90 Å². The lowest BCUT2D eigenvalue weighted by molar-refractivity contribution is -0.274. The number of carbonyl (C=O) groups is 6. The Morgan fingerprint density at radius 3 is 1.39 bits per heavy atom. The summed E-state index contributed by atoms with van der Waals surface area (Å²) in [7, 11) is 3.15. The maximum Gasteiger partial charge on any atom is 0.573 e. The second-order valence-corrected chi connectivity index (χ2v) is 20.7. The SMILES string of the molecule is COc1ccc(C(=O)C2CCN(C(=O)c3ccc(C(=O)CC4CCN(Cc5ccc(OC(F)(F)F)cc5)C[C@H]4F)cn3)CC2)cc1.COc1ccc(C(=O)C2CCN(C(=O)c3ccc(C(=O)CC4CCNC[C@H]4F)cn3)CC2)cc1. The van der Waals surface area contributed by atoms with Gasteiger partial charge in [-0.1, -0.05) is 12.1 Å². The Balaban J connectivity index is 0.000000220. The number of benzene rings is 3. The van der Waals surface area contributed by atoms with Gasteiger partial charge in [-0.05, 0) is 154 Å². The second-order valence-electron chi connectivity index (χ2n) is 20.7. The van der Waals surface area contributed by atoms with Crippen molar-refractivity contribution < 1.29 is 64.9 Å². The third-order valence-corrected chi connectivity index (χ3v) is 15.4. The van der Waals surface area contributed by atoms with E-state index in [2.05, 4.69) is 20.0 Å². The zero-order valence-corrected chi connectivity index (χ0v) is 44.7. The number of nitrogens with zero attached hydrogens (tertiary/aromatic N) is 5. The Morgan fingerprint density at radius 2 is 0.988 bits per heavy atom. The molecule has 6 heterocycles. The number of halogens is 5. The third-order valence-electron chi connectivity index (χ3n) is 15.4. The molecule has 5 aromatic rings. The molecule has 3 aromatic carbocycles. The molecule has 1 N–H and O–H groups in total. The Hall–Kier alpha value is -7.45. The molecule has 20 heteroatoms. The first-order valence-corrected chi connectivity index (χ1v) is 26.9. The van der Waals surface area contributed by atoms with Crippen molar-refractivity contribution in [3.05, 3.63) is 149 Å². The molecule has 0 radical (unpaired) electrons. The van der Waals surface area contributed by atoms with Crippen LogP contribution in [0, 0.1) is 23.7 Å². The van der Waals surface area contributed by atoms with Crippen LogP contribution < -0.4 is 19.5 Å². The Kier molecular flexibility index (Phi) is 19.9. The number of carbonyl (C=O) groups excluding carboxylic acids is 6. The minimum atomic E-state index is -4.77. The summed E-state index contributed by atoms with van der Waals surface area (Å²) in [6.45, 7) is 3.79. The van der Waals surface area contributed by atoms with E-state index in [1.165, 1.54) is 48.8 Å². The fraction of sp³-hybridized carbons (Fsp3) is 0.433. The lowest BCUT2D eigenvalue weighted by atomic mass is 9.88. The van der Waals surface area contributed by atoms with Crippen LogP contribution in [-0.4, -0.2) is 145 Å². The molecule has 2 unspecified atom stereocenters. The number of amides is 2. The lowest BCUT2D eigenvalue weighted by Crippen LogP contribution is -2.42. The van der Waals surface area contributed by atoms with Gasteiger partial charge in [0.25, 0.3) is 11.8 Å². The van der Waals surface area contributed by atoms with Crippen molar-refractivity contribution >= 4 is 34.9 Å². The number of ether oxygens (including phenoxy) is 3. The summed E-state index contributed by atoms with van der Waals surface area (Å²) in [4.78, 5) is 90.8. The largest absolute Gasteiger partial charge is 0.573 e. The van der Waals surface area contributed by atoms with Crippen LogP contribution in [-0.2, 0) is 6.54 Å². The summed E-state index contributed by atoms with van der Waals surface area (Å²) >= 11 is 0. The fourth-order valence-corrected chi connectivity index (χ4v) is 10.6. The van der Waals surface area contributed by atoms with Crippen LogP contribution >= 0.6 is 0 Å². The number of Topliss-reactive ketones (excluding diaryl/α,β-unsaturated/α-hetero) is 4. The van der Waals surface area contributed by atoms with Crippen LogP contribution in [0.5, 0.6) is 17.2 Å². The predicted octanol–water partition coefficient (Wildman–Crippen LogP) is 9.50. The summed E-state index contributed by atoms with van der Waals surface area (Å²) in [5, 5.41) is 2.99. The molecule has 2 amide bonds.